The van der Waals surface area contributed by atoms with Crippen LogP contribution in [-0.4, -0.2) is 13.1 Å². The van der Waals surface area contributed by atoms with E-state index in [1.165, 1.54) is 11.1 Å². The highest BCUT2D eigenvalue weighted by Crippen LogP contribution is 2.16. The molecule has 0 aromatic heterocycles. The van der Waals surface area contributed by atoms with Crippen LogP contribution in [0.5, 0.6) is 0 Å². The molecule has 0 aliphatic rings. The monoisotopic (exact) mass is 206 g/mol. The van der Waals surface area contributed by atoms with Gasteiger partial charge in [-0.25, -0.2) is 0 Å². The number of hydrogen-bond donors (Lipinski definition) is 2. The lowest BCUT2D eigenvalue weighted by molar-refractivity contribution is 0.513. The normalized spacial score (nSPS) is 12.7. The van der Waals surface area contributed by atoms with E-state index in [9.17, 15) is 0 Å². The van der Waals surface area contributed by atoms with Gasteiger partial charge in [0.05, 0.1) is 0 Å². The second-order valence-corrected chi connectivity index (χ2v) is 3.97. The molecule has 15 heavy (non-hydrogen) atoms. The highest BCUT2D eigenvalue weighted by atomic mass is 14.9. The summed E-state index contributed by atoms with van der Waals surface area (Å²) in [7, 11) is 0. The Balaban J connectivity index is 2.53. The Morgan fingerprint density at radius 3 is 2.47 bits per heavy atom. The predicted molar refractivity (Wildman–Crippen MR) is 65.9 cm³/mol. The van der Waals surface area contributed by atoms with E-state index in [1.54, 1.807) is 0 Å². The Morgan fingerprint density at radius 2 is 1.93 bits per heavy atom. The van der Waals surface area contributed by atoms with Crippen LogP contribution in [0.1, 0.15) is 36.9 Å². The van der Waals surface area contributed by atoms with Crippen LogP contribution in [0, 0.1) is 6.92 Å². The molecule has 0 bridgehead atoms. The van der Waals surface area contributed by atoms with E-state index < -0.39 is 0 Å². The van der Waals surface area contributed by atoms with Crippen LogP contribution in [0.2, 0.25) is 0 Å². The van der Waals surface area contributed by atoms with Crippen LogP contribution in [0.4, 0.5) is 0 Å². The first kappa shape index (κ1) is 12.2. The zero-order valence-electron chi connectivity index (χ0n) is 9.79. The molecule has 1 aromatic carbocycles. The van der Waals surface area contributed by atoms with Crippen molar-refractivity contribution in [3.8, 4) is 0 Å². The van der Waals surface area contributed by atoms with E-state index >= 15 is 0 Å². The summed E-state index contributed by atoms with van der Waals surface area (Å²) >= 11 is 0. The summed E-state index contributed by atoms with van der Waals surface area (Å²) in [5.41, 5.74) is 8.17. The van der Waals surface area contributed by atoms with Gasteiger partial charge < -0.3 is 11.1 Å². The Hall–Kier alpha value is -0.860. The lowest BCUT2D eigenvalue weighted by Gasteiger charge is -2.17. The molecule has 0 aliphatic heterocycles. The van der Waals surface area contributed by atoms with E-state index in [2.05, 4.69) is 43.4 Å². The summed E-state index contributed by atoms with van der Waals surface area (Å²) < 4.78 is 0. The standard InChI is InChI=1S/C13H22N2/c1-3-13(15-10-4-9-14)12-7-5-11(2)6-8-12/h5-8,13,15H,3-4,9-10,14H2,1-2H3. The van der Waals surface area contributed by atoms with E-state index in [0.29, 0.717) is 6.04 Å². The average Bonchev–Trinajstić information content (AvgIpc) is 2.26. The molecule has 1 aromatic rings. The lowest BCUT2D eigenvalue weighted by atomic mass is 10.0. The van der Waals surface area contributed by atoms with Gasteiger partial charge in [0.1, 0.15) is 0 Å². The molecule has 1 unspecified atom stereocenters. The Kier molecular flexibility index (Phi) is 5.37. The molecular formula is C13H22N2. The van der Waals surface area contributed by atoms with E-state index in [4.69, 9.17) is 5.73 Å². The Bertz CT molecular complexity index is 266. The highest BCUT2D eigenvalue weighted by molar-refractivity contribution is 5.23. The Labute approximate surface area is 92.9 Å². The number of nitrogens with two attached hydrogens (primary N) is 1. The van der Waals surface area contributed by atoms with Gasteiger partial charge in [0.2, 0.25) is 0 Å². The van der Waals surface area contributed by atoms with Crippen molar-refractivity contribution >= 4 is 0 Å². The molecule has 0 amide bonds. The second kappa shape index (κ2) is 6.59. The minimum absolute atomic E-state index is 0.470. The van der Waals surface area contributed by atoms with Crippen LogP contribution in [-0.2, 0) is 0 Å². The van der Waals surface area contributed by atoms with Gasteiger partial charge in [-0.2, -0.15) is 0 Å². The third-order valence-electron chi connectivity index (χ3n) is 2.66. The molecule has 1 atom stereocenters. The molecule has 0 saturated carbocycles. The molecule has 3 N–H and O–H groups in total. The van der Waals surface area contributed by atoms with Crippen molar-refractivity contribution in [3.63, 3.8) is 0 Å². The number of nitrogens with one attached hydrogen (secondary N) is 1. The van der Waals surface area contributed by atoms with Crippen LogP contribution in [0.25, 0.3) is 0 Å². The SMILES string of the molecule is CCC(NCCCN)c1ccc(C)cc1. The zero-order chi connectivity index (χ0) is 11.1. The number of benzene rings is 1. The molecule has 84 valence electrons. The minimum atomic E-state index is 0.470. The van der Waals surface area contributed by atoms with Gasteiger partial charge in [0.15, 0.2) is 0 Å². The summed E-state index contributed by atoms with van der Waals surface area (Å²) in [6.07, 6.45) is 2.16. The third kappa shape index (κ3) is 4.02. The average molecular weight is 206 g/mol. The van der Waals surface area contributed by atoms with Crippen LogP contribution >= 0.6 is 0 Å². The zero-order valence-corrected chi connectivity index (χ0v) is 9.79. The van der Waals surface area contributed by atoms with Gasteiger partial charge in [-0.05, 0) is 38.4 Å². The quantitative estimate of drug-likeness (QED) is 0.701. The molecule has 2 heteroatoms. The minimum Gasteiger partial charge on any atom is -0.330 e. The van der Waals surface area contributed by atoms with Crippen molar-refractivity contribution < 1.29 is 0 Å². The molecule has 0 saturated heterocycles. The molecule has 0 aliphatic carbocycles. The van der Waals surface area contributed by atoms with Gasteiger partial charge in [0.25, 0.3) is 0 Å². The molecule has 2 nitrogen and oxygen atoms in total. The smallest absolute Gasteiger partial charge is 0.0317 e. The fourth-order valence-corrected chi connectivity index (χ4v) is 1.68. The van der Waals surface area contributed by atoms with Gasteiger partial charge in [-0.1, -0.05) is 36.8 Å². The van der Waals surface area contributed by atoms with Crippen LogP contribution < -0.4 is 11.1 Å². The second-order valence-electron chi connectivity index (χ2n) is 3.97. The van der Waals surface area contributed by atoms with Crippen molar-refractivity contribution in [3.05, 3.63) is 35.4 Å². The topological polar surface area (TPSA) is 38.0 Å². The van der Waals surface area contributed by atoms with Crippen molar-refractivity contribution in [1.29, 1.82) is 0 Å². The molecule has 0 spiro atoms. The van der Waals surface area contributed by atoms with Gasteiger partial charge in [-0.3, -0.25) is 0 Å². The van der Waals surface area contributed by atoms with Gasteiger partial charge in [-0.15, -0.1) is 0 Å². The van der Waals surface area contributed by atoms with Crippen molar-refractivity contribution in [1.82, 2.24) is 5.32 Å². The van der Waals surface area contributed by atoms with Crippen LogP contribution in [0.3, 0.4) is 0 Å². The van der Waals surface area contributed by atoms with Gasteiger partial charge in [0, 0.05) is 6.04 Å². The summed E-state index contributed by atoms with van der Waals surface area (Å²) in [5, 5.41) is 3.53. The van der Waals surface area contributed by atoms with Crippen molar-refractivity contribution in [2.45, 2.75) is 32.7 Å². The third-order valence-corrected chi connectivity index (χ3v) is 2.66. The number of aryl methyl sites for hydroxylation is 1. The first-order chi connectivity index (χ1) is 7.27. The lowest BCUT2D eigenvalue weighted by Crippen LogP contribution is -2.23. The number of hydrogen-bond acceptors (Lipinski definition) is 2. The molecule has 0 fully saturated rings. The maximum Gasteiger partial charge on any atom is 0.0317 e. The fraction of sp³-hybridized carbons (Fsp3) is 0.538. The summed E-state index contributed by atoms with van der Waals surface area (Å²) in [6.45, 7) is 6.09. The van der Waals surface area contributed by atoms with E-state index in [-0.39, 0.29) is 0 Å². The first-order valence-corrected chi connectivity index (χ1v) is 5.78. The first-order valence-electron chi connectivity index (χ1n) is 5.78. The maximum absolute atomic E-state index is 5.47. The van der Waals surface area contributed by atoms with Crippen LogP contribution in [0.15, 0.2) is 24.3 Å². The van der Waals surface area contributed by atoms with Crippen molar-refractivity contribution in [2.75, 3.05) is 13.1 Å². The summed E-state index contributed by atoms with van der Waals surface area (Å²) in [5.74, 6) is 0. The van der Waals surface area contributed by atoms with E-state index in [1.807, 2.05) is 0 Å². The molecular weight excluding hydrogens is 184 g/mol. The van der Waals surface area contributed by atoms with Gasteiger partial charge >= 0.3 is 0 Å². The largest absolute Gasteiger partial charge is 0.330 e. The highest BCUT2D eigenvalue weighted by Gasteiger charge is 2.06. The summed E-state index contributed by atoms with van der Waals surface area (Å²) in [6, 6.07) is 9.22. The van der Waals surface area contributed by atoms with E-state index in [0.717, 1.165) is 25.9 Å². The Morgan fingerprint density at radius 1 is 1.27 bits per heavy atom. The van der Waals surface area contributed by atoms with Crippen molar-refractivity contribution in [2.24, 2.45) is 5.73 Å². The molecule has 0 radical (unpaired) electrons. The number of rotatable bonds is 6. The fourth-order valence-electron chi connectivity index (χ4n) is 1.68. The molecule has 1 rings (SSSR count). The maximum atomic E-state index is 5.47. The predicted octanol–water partition coefficient (Wildman–Crippen LogP) is 2.38. The summed E-state index contributed by atoms with van der Waals surface area (Å²) in [4.78, 5) is 0. The molecule has 0 heterocycles.